The molecule has 0 aliphatic carbocycles. The molecule has 52 valence electrons. The van der Waals surface area contributed by atoms with Crippen molar-refractivity contribution < 1.29 is 14.4 Å². The first-order valence-electron chi connectivity index (χ1n) is 2.65. The van der Waals surface area contributed by atoms with Gasteiger partial charge in [-0.2, -0.15) is 0 Å². The van der Waals surface area contributed by atoms with E-state index in [1.54, 1.807) is 5.70 Å². The molecule has 0 aliphatic rings. The standard InChI is InChI=1S/C4H11BO3Si/c1-4-9(2,3)8-5(6)7/h4,6-7H,1H2,2-3H3. The van der Waals surface area contributed by atoms with Gasteiger partial charge in [-0.3, -0.25) is 0 Å². The third-order valence-electron chi connectivity index (χ3n) is 0.901. The van der Waals surface area contributed by atoms with Gasteiger partial charge in [0.15, 0.2) is 8.32 Å². The summed E-state index contributed by atoms with van der Waals surface area (Å²) in [6.07, 6.45) is 0. The fourth-order valence-electron chi connectivity index (χ4n) is 0.320. The molecular weight excluding hydrogens is 135 g/mol. The van der Waals surface area contributed by atoms with Crippen molar-refractivity contribution in [1.29, 1.82) is 0 Å². The molecule has 0 saturated heterocycles. The zero-order chi connectivity index (χ0) is 7.49. The highest BCUT2D eigenvalue weighted by atomic mass is 28.4. The molecule has 0 aliphatic heterocycles. The Hall–Kier alpha value is -0.0982. The predicted octanol–water partition coefficient (Wildman–Crippen LogP) is -0.0972. The lowest BCUT2D eigenvalue weighted by atomic mass is 10.3. The highest BCUT2D eigenvalue weighted by molar-refractivity contribution is 6.80. The summed E-state index contributed by atoms with van der Waals surface area (Å²) in [5.41, 5.74) is 1.63. The van der Waals surface area contributed by atoms with E-state index in [4.69, 9.17) is 14.4 Å². The molecule has 0 aromatic rings. The summed E-state index contributed by atoms with van der Waals surface area (Å²) in [5, 5.41) is 16.7. The van der Waals surface area contributed by atoms with E-state index in [2.05, 4.69) is 6.58 Å². The summed E-state index contributed by atoms with van der Waals surface area (Å²) in [6, 6.07) is 0. The van der Waals surface area contributed by atoms with Crippen molar-refractivity contribution in [2.45, 2.75) is 13.1 Å². The first kappa shape index (κ1) is 8.90. The van der Waals surface area contributed by atoms with Crippen LogP contribution in [-0.2, 0) is 4.34 Å². The summed E-state index contributed by atoms with van der Waals surface area (Å²) in [6.45, 7) is 7.14. The summed E-state index contributed by atoms with van der Waals surface area (Å²) in [7, 11) is -3.64. The highest BCUT2D eigenvalue weighted by Gasteiger charge is 2.24. The van der Waals surface area contributed by atoms with E-state index < -0.39 is 15.6 Å². The van der Waals surface area contributed by atoms with Gasteiger partial charge in [-0.25, -0.2) is 0 Å². The van der Waals surface area contributed by atoms with Gasteiger partial charge in [-0.05, 0) is 13.1 Å². The van der Waals surface area contributed by atoms with E-state index in [1.807, 2.05) is 13.1 Å². The smallest absolute Gasteiger partial charge is 0.425 e. The molecule has 0 aromatic carbocycles. The first-order chi connectivity index (χ1) is 3.98. The van der Waals surface area contributed by atoms with Crippen molar-refractivity contribution in [3.63, 3.8) is 0 Å². The molecule has 0 bridgehead atoms. The van der Waals surface area contributed by atoms with Crippen LogP contribution in [0.25, 0.3) is 0 Å². The lowest BCUT2D eigenvalue weighted by Crippen LogP contribution is -2.36. The molecule has 0 rings (SSSR count). The molecular formula is C4H11BO3Si. The Morgan fingerprint density at radius 1 is 1.56 bits per heavy atom. The zero-order valence-electron chi connectivity index (χ0n) is 5.66. The summed E-state index contributed by atoms with van der Waals surface area (Å²) in [4.78, 5) is 0. The molecule has 9 heavy (non-hydrogen) atoms. The fourth-order valence-corrected chi connectivity index (χ4v) is 0.959. The molecule has 0 unspecified atom stereocenters. The summed E-state index contributed by atoms with van der Waals surface area (Å²) < 4.78 is 4.72. The largest absolute Gasteiger partial charge is 0.623 e. The van der Waals surface area contributed by atoms with Crippen LogP contribution in [-0.4, -0.2) is 25.7 Å². The minimum absolute atomic E-state index is 1.63. The summed E-state index contributed by atoms with van der Waals surface area (Å²) in [5.74, 6) is 0. The average Bonchev–Trinajstić information content (AvgIpc) is 1.63. The minimum Gasteiger partial charge on any atom is -0.425 e. The van der Waals surface area contributed by atoms with Crippen LogP contribution in [0.2, 0.25) is 13.1 Å². The Balaban J connectivity index is 3.71. The Morgan fingerprint density at radius 3 is 2.11 bits per heavy atom. The van der Waals surface area contributed by atoms with Crippen LogP contribution in [0.4, 0.5) is 0 Å². The van der Waals surface area contributed by atoms with Gasteiger partial charge >= 0.3 is 7.32 Å². The third kappa shape index (κ3) is 4.41. The fraction of sp³-hybridized carbons (Fsp3) is 0.500. The highest BCUT2D eigenvalue weighted by Crippen LogP contribution is 2.03. The van der Waals surface area contributed by atoms with Crippen molar-refractivity contribution in [2.75, 3.05) is 0 Å². The van der Waals surface area contributed by atoms with E-state index >= 15 is 0 Å². The second-order valence-corrected chi connectivity index (χ2v) is 6.10. The molecule has 0 aromatic heterocycles. The normalized spacial score (nSPS) is 11.1. The SMILES string of the molecule is C=C[Si](C)(C)OB(O)O. The lowest BCUT2D eigenvalue weighted by Gasteiger charge is -2.16. The van der Waals surface area contributed by atoms with Crippen LogP contribution < -0.4 is 0 Å². The van der Waals surface area contributed by atoms with E-state index in [0.717, 1.165) is 0 Å². The van der Waals surface area contributed by atoms with Gasteiger partial charge in [0.1, 0.15) is 0 Å². The third-order valence-corrected chi connectivity index (χ3v) is 2.70. The molecule has 0 fully saturated rings. The second kappa shape index (κ2) is 3.17. The minimum atomic E-state index is -1.98. The summed E-state index contributed by atoms with van der Waals surface area (Å²) >= 11 is 0. The Labute approximate surface area is 56.3 Å². The number of rotatable bonds is 3. The second-order valence-electron chi connectivity index (χ2n) is 2.25. The van der Waals surface area contributed by atoms with Crippen LogP contribution in [0, 0.1) is 0 Å². The Kier molecular flexibility index (Phi) is 3.13. The molecule has 0 atom stereocenters. The van der Waals surface area contributed by atoms with Gasteiger partial charge in [-0.15, -0.1) is 6.58 Å². The van der Waals surface area contributed by atoms with Gasteiger partial charge < -0.3 is 14.4 Å². The molecule has 0 heterocycles. The predicted molar refractivity (Wildman–Crippen MR) is 39.0 cm³/mol. The van der Waals surface area contributed by atoms with Crippen molar-refractivity contribution in [2.24, 2.45) is 0 Å². The quantitative estimate of drug-likeness (QED) is 0.546. The molecule has 3 nitrogen and oxygen atoms in total. The number of hydrogen-bond acceptors (Lipinski definition) is 3. The van der Waals surface area contributed by atoms with Crippen LogP contribution in [0.5, 0.6) is 0 Å². The first-order valence-corrected chi connectivity index (χ1v) is 5.64. The zero-order valence-corrected chi connectivity index (χ0v) is 6.66. The maximum Gasteiger partial charge on any atom is 0.623 e. The average molecular weight is 146 g/mol. The van der Waals surface area contributed by atoms with Gasteiger partial charge in [0, 0.05) is 0 Å². The van der Waals surface area contributed by atoms with Crippen LogP contribution in [0.3, 0.4) is 0 Å². The Morgan fingerprint density at radius 2 is 2.00 bits per heavy atom. The van der Waals surface area contributed by atoms with Crippen LogP contribution in [0.15, 0.2) is 12.3 Å². The molecule has 2 N–H and O–H groups in total. The monoisotopic (exact) mass is 146 g/mol. The molecule has 0 spiro atoms. The van der Waals surface area contributed by atoms with Crippen molar-refractivity contribution in [1.82, 2.24) is 0 Å². The number of hydrogen-bond donors (Lipinski definition) is 2. The molecule has 0 radical (unpaired) electrons. The van der Waals surface area contributed by atoms with Gasteiger partial charge in [-0.1, -0.05) is 5.70 Å². The van der Waals surface area contributed by atoms with E-state index in [9.17, 15) is 0 Å². The van der Waals surface area contributed by atoms with E-state index in [-0.39, 0.29) is 0 Å². The molecule has 5 heteroatoms. The maximum atomic E-state index is 8.34. The topological polar surface area (TPSA) is 49.7 Å². The Bertz CT molecular complexity index is 104. The molecule has 0 saturated carbocycles. The lowest BCUT2D eigenvalue weighted by molar-refractivity contribution is 0.287. The van der Waals surface area contributed by atoms with Crippen molar-refractivity contribution >= 4 is 15.6 Å². The van der Waals surface area contributed by atoms with Crippen LogP contribution >= 0.6 is 0 Å². The van der Waals surface area contributed by atoms with Gasteiger partial charge in [0.05, 0.1) is 0 Å². The van der Waals surface area contributed by atoms with Crippen molar-refractivity contribution in [3.8, 4) is 0 Å². The van der Waals surface area contributed by atoms with Gasteiger partial charge in [0.25, 0.3) is 0 Å². The van der Waals surface area contributed by atoms with Crippen molar-refractivity contribution in [3.05, 3.63) is 12.3 Å². The maximum absolute atomic E-state index is 8.34. The van der Waals surface area contributed by atoms with E-state index in [1.165, 1.54) is 0 Å². The van der Waals surface area contributed by atoms with Crippen LogP contribution in [0.1, 0.15) is 0 Å². The van der Waals surface area contributed by atoms with E-state index in [0.29, 0.717) is 0 Å². The molecule has 0 amide bonds. The van der Waals surface area contributed by atoms with Gasteiger partial charge in [0.2, 0.25) is 0 Å².